The van der Waals surface area contributed by atoms with E-state index in [4.69, 9.17) is 0 Å². The van der Waals surface area contributed by atoms with Crippen LogP contribution in [0.25, 0.3) is 0 Å². The summed E-state index contributed by atoms with van der Waals surface area (Å²) in [6.45, 7) is 9.20. The van der Waals surface area contributed by atoms with E-state index in [2.05, 4.69) is 27.7 Å². The van der Waals surface area contributed by atoms with E-state index in [1.54, 1.807) is 12.1 Å². The molecular formula is C33H60O3S. The highest BCUT2D eigenvalue weighted by Gasteiger charge is 2.37. The van der Waals surface area contributed by atoms with E-state index in [0.717, 1.165) is 12.3 Å². The summed E-state index contributed by atoms with van der Waals surface area (Å²) in [5, 5.41) is 0. The van der Waals surface area contributed by atoms with Crippen molar-refractivity contribution in [3.63, 3.8) is 0 Å². The third-order valence-electron chi connectivity index (χ3n) is 8.51. The lowest BCUT2D eigenvalue weighted by molar-refractivity contribution is 0.0979. The Balaban J connectivity index is 2.92. The van der Waals surface area contributed by atoms with Crippen LogP contribution in [0.5, 0.6) is 0 Å². The van der Waals surface area contributed by atoms with Gasteiger partial charge in [-0.25, -0.2) is 0 Å². The predicted octanol–water partition coefficient (Wildman–Crippen LogP) is 11.0. The summed E-state index contributed by atoms with van der Waals surface area (Å²) < 4.78 is 32.6. The Morgan fingerprint density at radius 3 is 1.51 bits per heavy atom. The molecule has 0 amide bonds. The maximum absolute atomic E-state index is 11.6. The van der Waals surface area contributed by atoms with E-state index in [1.165, 1.54) is 134 Å². The van der Waals surface area contributed by atoms with Crippen molar-refractivity contribution in [3.8, 4) is 0 Å². The second-order valence-corrected chi connectivity index (χ2v) is 13.1. The van der Waals surface area contributed by atoms with Gasteiger partial charge in [0, 0.05) is 0 Å². The highest BCUT2D eigenvalue weighted by Crippen LogP contribution is 2.46. The van der Waals surface area contributed by atoms with Gasteiger partial charge in [0.05, 0.1) is 4.90 Å². The maximum atomic E-state index is 11.6. The fraction of sp³-hybridized carbons (Fsp3) is 0.818. The van der Waals surface area contributed by atoms with E-state index in [0.29, 0.717) is 0 Å². The molecule has 216 valence electrons. The van der Waals surface area contributed by atoms with Crippen LogP contribution in [0, 0.1) is 11.3 Å². The van der Waals surface area contributed by atoms with Crippen molar-refractivity contribution in [1.29, 1.82) is 0 Å². The van der Waals surface area contributed by atoms with Gasteiger partial charge < -0.3 is 0 Å². The predicted molar refractivity (Wildman–Crippen MR) is 161 cm³/mol. The Hall–Kier alpha value is -0.870. The van der Waals surface area contributed by atoms with Crippen LogP contribution < -0.4 is 0 Å². The zero-order chi connectivity index (χ0) is 27.4. The molecule has 0 saturated carbocycles. The highest BCUT2D eigenvalue weighted by molar-refractivity contribution is 7.85. The quantitative estimate of drug-likeness (QED) is 0.106. The first-order chi connectivity index (χ1) is 17.8. The van der Waals surface area contributed by atoms with Crippen LogP contribution >= 0.6 is 0 Å². The smallest absolute Gasteiger partial charge is 0.282 e. The molecule has 1 aromatic carbocycles. The molecule has 0 radical (unpaired) electrons. The van der Waals surface area contributed by atoms with Crippen LogP contribution in [0.4, 0.5) is 0 Å². The molecule has 0 aromatic heterocycles. The molecule has 0 fully saturated rings. The molecule has 0 heterocycles. The van der Waals surface area contributed by atoms with Gasteiger partial charge in [-0.2, -0.15) is 8.42 Å². The lowest BCUT2D eigenvalue weighted by atomic mass is 9.62. The Bertz CT molecular complexity index is 761. The molecule has 1 rings (SSSR count). The number of benzene rings is 1. The molecule has 1 unspecified atom stereocenters. The molecule has 0 aliphatic heterocycles. The molecule has 1 N–H and O–H groups in total. The molecule has 4 heteroatoms. The summed E-state index contributed by atoms with van der Waals surface area (Å²) in [5.41, 5.74) is 1.49. The van der Waals surface area contributed by atoms with Crippen molar-refractivity contribution >= 4 is 10.1 Å². The topological polar surface area (TPSA) is 54.4 Å². The van der Waals surface area contributed by atoms with Gasteiger partial charge in [0.15, 0.2) is 0 Å². The van der Waals surface area contributed by atoms with Crippen molar-refractivity contribution in [2.45, 2.75) is 167 Å². The van der Waals surface area contributed by atoms with Crippen LogP contribution in [-0.4, -0.2) is 13.0 Å². The SMILES string of the molecule is CCCCCCCCCCCCC(CCCC)C(CCCC)(CCCC)Cc1ccc(S(=O)(=O)O)cc1. The first kappa shape index (κ1) is 34.2. The molecule has 0 aliphatic rings. The Morgan fingerprint density at radius 1 is 0.622 bits per heavy atom. The van der Waals surface area contributed by atoms with Gasteiger partial charge in [-0.15, -0.1) is 0 Å². The minimum Gasteiger partial charge on any atom is -0.282 e. The highest BCUT2D eigenvalue weighted by atomic mass is 32.2. The van der Waals surface area contributed by atoms with E-state index >= 15 is 0 Å². The van der Waals surface area contributed by atoms with Crippen LogP contribution in [-0.2, 0) is 16.5 Å². The van der Waals surface area contributed by atoms with Crippen LogP contribution in [0.3, 0.4) is 0 Å². The Morgan fingerprint density at radius 2 is 1.05 bits per heavy atom. The lowest BCUT2D eigenvalue weighted by Crippen LogP contribution is -2.34. The average molecular weight is 537 g/mol. The minimum atomic E-state index is -4.15. The first-order valence-electron chi connectivity index (χ1n) is 15.9. The van der Waals surface area contributed by atoms with Gasteiger partial charge >= 0.3 is 0 Å². The molecule has 0 aliphatic carbocycles. The fourth-order valence-corrected chi connectivity index (χ4v) is 6.66. The van der Waals surface area contributed by atoms with Gasteiger partial charge in [0.2, 0.25) is 0 Å². The zero-order valence-corrected chi connectivity index (χ0v) is 25.7. The molecule has 0 bridgehead atoms. The Labute approximate surface area is 231 Å². The largest absolute Gasteiger partial charge is 0.294 e. The normalized spacial score (nSPS) is 13.2. The molecule has 1 aromatic rings. The minimum absolute atomic E-state index is 0.00290. The van der Waals surface area contributed by atoms with Gasteiger partial charge in [0.25, 0.3) is 10.1 Å². The van der Waals surface area contributed by atoms with Gasteiger partial charge in [-0.3, -0.25) is 4.55 Å². The van der Waals surface area contributed by atoms with Crippen molar-refractivity contribution in [2.24, 2.45) is 11.3 Å². The summed E-state index contributed by atoms with van der Waals surface area (Å²) in [6, 6.07) is 7.04. The van der Waals surface area contributed by atoms with Crippen molar-refractivity contribution in [2.75, 3.05) is 0 Å². The van der Waals surface area contributed by atoms with Crippen LogP contribution in [0.15, 0.2) is 29.2 Å². The van der Waals surface area contributed by atoms with E-state index in [-0.39, 0.29) is 10.3 Å². The van der Waals surface area contributed by atoms with Gasteiger partial charge in [-0.05, 0) is 61.1 Å². The number of hydrogen-bond acceptors (Lipinski definition) is 2. The second kappa shape index (κ2) is 20.1. The first-order valence-corrected chi connectivity index (χ1v) is 17.3. The lowest BCUT2D eigenvalue weighted by Gasteiger charge is -2.43. The van der Waals surface area contributed by atoms with Crippen LogP contribution in [0.1, 0.15) is 162 Å². The van der Waals surface area contributed by atoms with Crippen molar-refractivity contribution < 1.29 is 13.0 Å². The Kier molecular flexibility index (Phi) is 18.5. The van der Waals surface area contributed by atoms with Gasteiger partial charge in [-0.1, -0.05) is 143 Å². The van der Waals surface area contributed by atoms with Crippen molar-refractivity contribution in [1.82, 2.24) is 0 Å². The van der Waals surface area contributed by atoms with Gasteiger partial charge in [0.1, 0.15) is 0 Å². The standard InChI is InChI=1S/C33H60O3S/c1-5-9-13-14-15-16-17-18-19-20-22-31(21-10-6-2)33(27-11-7-3,28-12-8-4)29-30-23-25-32(26-24-30)37(34,35)36/h23-26,31H,5-22,27-29H2,1-4H3,(H,34,35,36). The average Bonchev–Trinajstić information content (AvgIpc) is 2.88. The summed E-state index contributed by atoms with van der Waals surface area (Å²) in [4.78, 5) is -0.00290. The maximum Gasteiger partial charge on any atom is 0.294 e. The summed E-state index contributed by atoms with van der Waals surface area (Å²) in [5.74, 6) is 0.723. The summed E-state index contributed by atoms with van der Waals surface area (Å²) in [6.07, 6.45) is 27.5. The number of rotatable bonds is 24. The third kappa shape index (κ3) is 14.2. The molecule has 37 heavy (non-hydrogen) atoms. The van der Waals surface area contributed by atoms with E-state index in [9.17, 15) is 13.0 Å². The molecule has 3 nitrogen and oxygen atoms in total. The van der Waals surface area contributed by atoms with Crippen LogP contribution in [0.2, 0.25) is 0 Å². The van der Waals surface area contributed by atoms with E-state index < -0.39 is 10.1 Å². The summed E-state index contributed by atoms with van der Waals surface area (Å²) >= 11 is 0. The fourth-order valence-electron chi connectivity index (χ4n) is 6.18. The molecular weight excluding hydrogens is 476 g/mol. The second-order valence-electron chi connectivity index (χ2n) is 11.7. The van der Waals surface area contributed by atoms with Crippen molar-refractivity contribution in [3.05, 3.63) is 29.8 Å². The monoisotopic (exact) mass is 536 g/mol. The zero-order valence-electron chi connectivity index (χ0n) is 24.9. The third-order valence-corrected chi connectivity index (χ3v) is 9.38. The summed E-state index contributed by atoms with van der Waals surface area (Å²) in [7, 11) is -4.15. The molecule has 0 spiro atoms. The molecule has 0 saturated heterocycles. The molecule has 1 atom stereocenters. The van der Waals surface area contributed by atoms with E-state index in [1.807, 2.05) is 12.1 Å². The number of unbranched alkanes of at least 4 members (excludes halogenated alkanes) is 12. The number of hydrogen-bond donors (Lipinski definition) is 1.